The van der Waals surface area contributed by atoms with Gasteiger partial charge in [0, 0.05) is 33.8 Å². The Morgan fingerprint density at radius 2 is 1.80 bits per heavy atom. The van der Waals surface area contributed by atoms with E-state index in [0.29, 0.717) is 23.6 Å². The number of benzene rings is 2. The lowest BCUT2D eigenvalue weighted by Crippen LogP contribution is -2.12. The van der Waals surface area contributed by atoms with E-state index in [2.05, 4.69) is 5.32 Å². The van der Waals surface area contributed by atoms with Crippen molar-refractivity contribution in [2.45, 2.75) is 34.6 Å². The molecule has 0 aliphatic rings. The van der Waals surface area contributed by atoms with Crippen molar-refractivity contribution in [2.24, 2.45) is 5.73 Å². The summed E-state index contributed by atoms with van der Waals surface area (Å²) in [5.74, 6) is 0.792. The number of carbonyl (C=O) groups excluding carboxylic acids is 2. The molecule has 3 aromatic rings. The second-order valence-electron chi connectivity index (χ2n) is 7.23. The van der Waals surface area contributed by atoms with Crippen LogP contribution in [0.4, 0.5) is 5.69 Å². The molecule has 0 bridgehead atoms. The topological polar surface area (TPSA) is 94.6 Å². The number of aryl methyl sites for hydroxylation is 3. The fraction of sp³-hybridized carbons (Fsp3) is 0.250. The Kier molecular flexibility index (Phi) is 5.96. The molecule has 0 aliphatic heterocycles. The summed E-state index contributed by atoms with van der Waals surface area (Å²) in [6, 6.07) is 8.44. The van der Waals surface area contributed by atoms with Gasteiger partial charge in [0.15, 0.2) is 0 Å². The third-order valence-electron chi connectivity index (χ3n) is 5.14. The maximum absolute atomic E-state index is 12.6. The van der Waals surface area contributed by atoms with Gasteiger partial charge in [-0.15, -0.1) is 0 Å². The highest BCUT2D eigenvalue weighted by molar-refractivity contribution is 6.05. The summed E-state index contributed by atoms with van der Waals surface area (Å²) < 4.78 is 11.8. The number of hydrogen-bond acceptors (Lipinski definition) is 4. The van der Waals surface area contributed by atoms with Crippen LogP contribution >= 0.6 is 0 Å². The number of nitrogens with two attached hydrogens (primary N) is 1. The highest BCUT2D eigenvalue weighted by Crippen LogP contribution is 2.38. The largest absolute Gasteiger partial charge is 0.493 e. The van der Waals surface area contributed by atoms with E-state index in [0.717, 1.165) is 39.0 Å². The molecule has 2 amide bonds. The standard InChI is InChI=1S/C24H26N2O4/c1-6-29-22-15(4)23-20(14(3)16(5)30-23)12-19(22)13(2)11-21(27)26-18-9-7-17(8-10-18)24(25)28/h7-12H,6H2,1-5H3,(H2,25,28)(H,26,27)/b13-11+. The van der Waals surface area contributed by atoms with Gasteiger partial charge >= 0.3 is 0 Å². The van der Waals surface area contributed by atoms with E-state index in [9.17, 15) is 9.59 Å². The first-order valence-electron chi connectivity index (χ1n) is 9.78. The molecule has 0 aliphatic carbocycles. The average molecular weight is 406 g/mol. The van der Waals surface area contributed by atoms with E-state index in [1.54, 1.807) is 24.3 Å². The van der Waals surface area contributed by atoms with Crippen LogP contribution < -0.4 is 15.8 Å². The van der Waals surface area contributed by atoms with E-state index >= 15 is 0 Å². The molecule has 0 saturated heterocycles. The van der Waals surface area contributed by atoms with Gasteiger partial charge in [-0.05, 0) is 76.1 Å². The summed E-state index contributed by atoms with van der Waals surface area (Å²) in [4.78, 5) is 23.7. The van der Waals surface area contributed by atoms with Crippen LogP contribution in [0.2, 0.25) is 0 Å². The molecule has 0 spiro atoms. The zero-order valence-electron chi connectivity index (χ0n) is 17.9. The van der Waals surface area contributed by atoms with Crippen LogP contribution in [0.3, 0.4) is 0 Å². The Bertz CT molecular complexity index is 1150. The van der Waals surface area contributed by atoms with Crippen LogP contribution in [0, 0.1) is 20.8 Å². The lowest BCUT2D eigenvalue weighted by atomic mass is 9.98. The normalized spacial score (nSPS) is 11.6. The van der Waals surface area contributed by atoms with Crippen LogP contribution in [-0.2, 0) is 4.79 Å². The van der Waals surface area contributed by atoms with Gasteiger partial charge in [-0.3, -0.25) is 9.59 Å². The summed E-state index contributed by atoms with van der Waals surface area (Å²) in [5, 5.41) is 3.81. The maximum Gasteiger partial charge on any atom is 0.248 e. The van der Waals surface area contributed by atoms with Gasteiger partial charge in [0.2, 0.25) is 11.8 Å². The summed E-state index contributed by atoms with van der Waals surface area (Å²) in [7, 11) is 0. The predicted molar refractivity (Wildman–Crippen MR) is 119 cm³/mol. The minimum Gasteiger partial charge on any atom is -0.493 e. The monoisotopic (exact) mass is 406 g/mol. The fourth-order valence-electron chi connectivity index (χ4n) is 3.41. The van der Waals surface area contributed by atoms with E-state index in [1.807, 2.05) is 40.7 Å². The number of carbonyl (C=O) groups is 2. The van der Waals surface area contributed by atoms with Gasteiger partial charge in [0.05, 0.1) is 6.61 Å². The first kappa shape index (κ1) is 21.2. The van der Waals surface area contributed by atoms with E-state index < -0.39 is 5.91 Å². The van der Waals surface area contributed by atoms with E-state index in [4.69, 9.17) is 14.9 Å². The number of ether oxygens (including phenoxy) is 1. The molecule has 0 saturated carbocycles. The zero-order chi connectivity index (χ0) is 22.0. The third-order valence-corrected chi connectivity index (χ3v) is 5.14. The lowest BCUT2D eigenvalue weighted by Gasteiger charge is -2.14. The minimum absolute atomic E-state index is 0.278. The second kappa shape index (κ2) is 8.45. The number of fused-ring (bicyclic) bond motifs is 1. The van der Waals surface area contributed by atoms with Crippen molar-refractivity contribution in [1.29, 1.82) is 0 Å². The average Bonchev–Trinajstić information content (AvgIpc) is 2.98. The van der Waals surface area contributed by atoms with Crippen molar-refractivity contribution in [3.05, 3.63) is 64.4 Å². The molecule has 2 aromatic carbocycles. The van der Waals surface area contributed by atoms with Crippen LogP contribution in [-0.4, -0.2) is 18.4 Å². The highest BCUT2D eigenvalue weighted by Gasteiger charge is 2.18. The van der Waals surface area contributed by atoms with E-state index in [1.165, 1.54) is 6.08 Å². The molecule has 156 valence electrons. The Morgan fingerprint density at radius 1 is 1.13 bits per heavy atom. The molecular formula is C24H26N2O4. The number of anilines is 1. The van der Waals surface area contributed by atoms with Gasteiger partial charge in [-0.1, -0.05) is 0 Å². The molecule has 0 fully saturated rings. The molecule has 0 unspecified atom stereocenters. The lowest BCUT2D eigenvalue weighted by molar-refractivity contribution is -0.111. The minimum atomic E-state index is -0.511. The number of hydrogen-bond donors (Lipinski definition) is 2. The number of allylic oxidation sites excluding steroid dienone is 1. The first-order chi connectivity index (χ1) is 14.2. The van der Waals surface area contributed by atoms with Gasteiger partial charge in [0.25, 0.3) is 0 Å². The second-order valence-corrected chi connectivity index (χ2v) is 7.23. The third kappa shape index (κ3) is 4.08. The van der Waals surface area contributed by atoms with Gasteiger partial charge in [0.1, 0.15) is 17.1 Å². The number of nitrogens with one attached hydrogen (secondary N) is 1. The highest BCUT2D eigenvalue weighted by atomic mass is 16.5. The predicted octanol–water partition coefficient (Wildman–Crippen LogP) is 4.90. The Morgan fingerprint density at radius 3 is 2.40 bits per heavy atom. The molecule has 0 atom stereocenters. The molecule has 6 nitrogen and oxygen atoms in total. The van der Waals surface area contributed by atoms with Crippen molar-refractivity contribution in [3.8, 4) is 5.75 Å². The Balaban J connectivity index is 1.95. The summed E-state index contributed by atoms with van der Waals surface area (Å²) in [5.41, 5.74) is 10.6. The van der Waals surface area contributed by atoms with E-state index in [-0.39, 0.29) is 5.91 Å². The maximum atomic E-state index is 12.6. The van der Waals surface area contributed by atoms with Crippen molar-refractivity contribution in [1.82, 2.24) is 0 Å². The molecule has 3 N–H and O–H groups in total. The van der Waals surface area contributed by atoms with Crippen molar-refractivity contribution in [2.75, 3.05) is 11.9 Å². The van der Waals surface area contributed by atoms with Crippen LogP contribution in [0.25, 0.3) is 16.5 Å². The summed E-state index contributed by atoms with van der Waals surface area (Å²) >= 11 is 0. The Hall–Kier alpha value is -3.54. The Labute approximate surface area is 175 Å². The zero-order valence-corrected chi connectivity index (χ0v) is 17.9. The molecule has 1 heterocycles. The molecule has 0 radical (unpaired) electrons. The number of amides is 2. The van der Waals surface area contributed by atoms with Crippen molar-refractivity contribution < 1.29 is 18.7 Å². The first-order valence-corrected chi connectivity index (χ1v) is 9.78. The molecule has 1 aromatic heterocycles. The summed E-state index contributed by atoms with van der Waals surface area (Å²) in [6.45, 7) is 10.2. The summed E-state index contributed by atoms with van der Waals surface area (Å²) in [6.07, 6.45) is 1.54. The molecule has 6 heteroatoms. The number of furan rings is 1. The number of rotatable bonds is 6. The molecule has 3 rings (SSSR count). The SMILES string of the molecule is CCOc1c(/C(C)=C/C(=O)Nc2ccc(C(N)=O)cc2)cc2c(C)c(C)oc2c1C. The van der Waals surface area contributed by atoms with Gasteiger partial charge in [-0.2, -0.15) is 0 Å². The van der Waals surface area contributed by atoms with Crippen molar-refractivity contribution >= 4 is 34.0 Å². The number of primary amides is 1. The smallest absolute Gasteiger partial charge is 0.248 e. The molecule has 30 heavy (non-hydrogen) atoms. The van der Waals surface area contributed by atoms with Crippen LogP contribution in [0.1, 0.15) is 46.7 Å². The van der Waals surface area contributed by atoms with Crippen LogP contribution in [0.5, 0.6) is 5.75 Å². The fourth-order valence-corrected chi connectivity index (χ4v) is 3.41. The van der Waals surface area contributed by atoms with Crippen LogP contribution in [0.15, 0.2) is 40.8 Å². The quantitative estimate of drug-likeness (QED) is 0.569. The van der Waals surface area contributed by atoms with Crippen molar-refractivity contribution in [3.63, 3.8) is 0 Å². The van der Waals surface area contributed by atoms with Gasteiger partial charge in [-0.25, -0.2) is 0 Å². The molecular weight excluding hydrogens is 380 g/mol. The van der Waals surface area contributed by atoms with Gasteiger partial charge < -0.3 is 20.2 Å².